The number of aryl methyl sites for hydroxylation is 1. The lowest BCUT2D eigenvalue weighted by molar-refractivity contribution is 0.217. The highest BCUT2D eigenvalue weighted by atomic mass is 16.5. The lowest BCUT2D eigenvalue weighted by Gasteiger charge is -2.13. The summed E-state index contributed by atoms with van der Waals surface area (Å²) >= 11 is 0. The van der Waals surface area contributed by atoms with E-state index in [1.807, 2.05) is 0 Å². The van der Waals surface area contributed by atoms with Gasteiger partial charge in [0.2, 0.25) is 0 Å². The normalized spacial score (nSPS) is 12.8. The number of hydrogen-bond acceptors (Lipinski definition) is 2. The maximum atomic E-state index is 5.98. The Bertz CT molecular complexity index is 601. The summed E-state index contributed by atoms with van der Waals surface area (Å²) in [6, 6.07) is 6.41. The van der Waals surface area contributed by atoms with Gasteiger partial charge in [0.1, 0.15) is 5.75 Å². The van der Waals surface area contributed by atoms with Crippen molar-refractivity contribution in [1.82, 2.24) is 4.57 Å². The van der Waals surface area contributed by atoms with Crippen LogP contribution in [0.2, 0.25) is 0 Å². The van der Waals surface area contributed by atoms with Crippen molar-refractivity contribution < 1.29 is 4.74 Å². The number of benzene rings is 1. The van der Waals surface area contributed by atoms with Gasteiger partial charge in [-0.1, -0.05) is 20.3 Å². The second-order valence-corrected chi connectivity index (χ2v) is 5.79. The molecule has 0 aliphatic carbocycles. The summed E-state index contributed by atoms with van der Waals surface area (Å²) in [6.07, 6.45) is 3.65. The van der Waals surface area contributed by atoms with Crippen molar-refractivity contribution in [3.8, 4) is 5.75 Å². The van der Waals surface area contributed by atoms with Crippen LogP contribution in [0.15, 0.2) is 18.2 Å². The standard InChI is InChI=1S/C18H28N2O/c1-5-7-10-20-14(4)17(12-19)16-11-15(8-9-18(16)20)21-13(3)6-2/h8-9,11,13H,5-7,10,12,19H2,1-4H3/t13-/m0/s1. The molecule has 3 nitrogen and oxygen atoms in total. The summed E-state index contributed by atoms with van der Waals surface area (Å²) in [5.74, 6) is 0.944. The van der Waals surface area contributed by atoms with Gasteiger partial charge in [-0.25, -0.2) is 0 Å². The predicted molar refractivity (Wildman–Crippen MR) is 89.9 cm³/mol. The Balaban J connectivity index is 2.45. The topological polar surface area (TPSA) is 40.2 Å². The van der Waals surface area contributed by atoms with E-state index in [-0.39, 0.29) is 6.10 Å². The molecule has 116 valence electrons. The molecule has 0 saturated heterocycles. The summed E-state index contributed by atoms with van der Waals surface area (Å²) < 4.78 is 8.35. The van der Waals surface area contributed by atoms with Gasteiger partial charge in [0.15, 0.2) is 0 Å². The van der Waals surface area contributed by atoms with Crippen molar-refractivity contribution in [3.63, 3.8) is 0 Å². The van der Waals surface area contributed by atoms with E-state index >= 15 is 0 Å². The number of nitrogens with two attached hydrogens (primary N) is 1. The van der Waals surface area contributed by atoms with Crippen LogP contribution >= 0.6 is 0 Å². The molecule has 0 saturated carbocycles. The molecule has 21 heavy (non-hydrogen) atoms. The summed E-state index contributed by atoms with van der Waals surface area (Å²) in [6.45, 7) is 10.3. The molecule has 0 unspecified atom stereocenters. The van der Waals surface area contributed by atoms with E-state index in [2.05, 4.69) is 50.5 Å². The number of unbranched alkanes of at least 4 members (excludes halogenated alkanes) is 1. The van der Waals surface area contributed by atoms with E-state index in [4.69, 9.17) is 10.5 Å². The molecule has 1 aromatic carbocycles. The highest BCUT2D eigenvalue weighted by Gasteiger charge is 2.14. The predicted octanol–water partition coefficient (Wildman–Crippen LogP) is 4.39. The van der Waals surface area contributed by atoms with E-state index < -0.39 is 0 Å². The smallest absolute Gasteiger partial charge is 0.120 e. The first kappa shape index (κ1) is 15.9. The van der Waals surface area contributed by atoms with Crippen LogP contribution in [0.3, 0.4) is 0 Å². The number of fused-ring (bicyclic) bond motifs is 1. The van der Waals surface area contributed by atoms with Crippen LogP contribution in [0.4, 0.5) is 0 Å². The van der Waals surface area contributed by atoms with Gasteiger partial charge in [-0.3, -0.25) is 0 Å². The second kappa shape index (κ2) is 6.99. The minimum absolute atomic E-state index is 0.243. The van der Waals surface area contributed by atoms with Crippen molar-refractivity contribution in [3.05, 3.63) is 29.5 Å². The molecular formula is C18H28N2O. The molecule has 0 spiro atoms. The summed E-state index contributed by atoms with van der Waals surface area (Å²) in [4.78, 5) is 0. The third-order valence-corrected chi connectivity index (χ3v) is 4.28. The molecular weight excluding hydrogens is 260 g/mol. The molecule has 0 fully saturated rings. The van der Waals surface area contributed by atoms with Crippen LogP contribution in [-0.2, 0) is 13.1 Å². The molecule has 2 aromatic rings. The maximum absolute atomic E-state index is 5.98. The van der Waals surface area contributed by atoms with Gasteiger partial charge in [-0.15, -0.1) is 0 Å². The Morgan fingerprint density at radius 2 is 2.05 bits per heavy atom. The van der Waals surface area contributed by atoms with Crippen molar-refractivity contribution >= 4 is 10.9 Å². The summed E-state index contributed by atoms with van der Waals surface area (Å²) in [7, 11) is 0. The molecule has 1 heterocycles. The Morgan fingerprint density at radius 3 is 2.67 bits per heavy atom. The lowest BCUT2D eigenvalue weighted by Crippen LogP contribution is -2.09. The van der Waals surface area contributed by atoms with Crippen molar-refractivity contribution in [2.75, 3.05) is 0 Å². The zero-order chi connectivity index (χ0) is 15.4. The average Bonchev–Trinajstić information content (AvgIpc) is 2.75. The van der Waals surface area contributed by atoms with Crippen LogP contribution in [0.1, 0.15) is 51.3 Å². The molecule has 2 N–H and O–H groups in total. The number of rotatable bonds is 7. The van der Waals surface area contributed by atoms with Crippen LogP contribution in [0.25, 0.3) is 10.9 Å². The molecule has 0 radical (unpaired) electrons. The molecule has 0 aliphatic rings. The van der Waals surface area contributed by atoms with Gasteiger partial charge >= 0.3 is 0 Å². The maximum Gasteiger partial charge on any atom is 0.120 e. The largest absolute Gasteiger partial charge is 0.491 e. The Hall–Kier alpha value is -1.48. The molecule has 1 atom stereocenters. The fraction of sp³-hybridized carbons (Fsp3) is 0.556. The molecule has 0 bridgehead atoms. The first-order valence-corrected chi connectivity index (χ1v) is 8.10. The van der Waals surface area contributed by atoms with E-state index in [0.29, 0.717) is 6.54 Å². The van der Waals surface area contributed by atoms with Crippen molar-refractivity contribution in [2.45, 2.75) is 66.2 Å². The molecule has 3 heteroatoms. The Kier molecular flexibility index (Phi) is 5.29. The zero-order valence-electron chi connectivity index (χ0n) is 13.8. The highest BCUT2D eigenvalue weighted by Crippen LogP contribution is 2.30. The quantitative estimate of drug-likeness (QED) is 0.821. The molecule has 0 aliphatic heterocycles. The number of aromatic nitrogens is 1. The van der Waals surface area contributed by atoms with Gasteiger partial charge in [-0.2, -0.15) is 0 Å². The Labute approximate surface area is 128 Å². The van der Waals surface area contributed by atoms with Crippen LogP contribution < -0.4 is 10.5 Å². The van der Waals surface area contributed by atoms with Gasteiger partial charge in [-0.05, 0) is 50.5 Å². The average molecular weight is 288 g/mol. The van der Waals surface area contributed by atoms with Gasteiger partial charge in [0.05, 0.1) is 6.10 Å². The SMILES string of the molecule is CCCCn1c(C)c(CN)c2cc(O[C@@H](C)CC)ccc21. The molecule has 0 amide bonds. The lowest BCUT2D eigenvalue weighted by atomic mass is 10.1. The minimum Gasteiger partial charge on any atom is -0.491 e. The van der Waals surface area contributed by atoms with Gasteiger partial charge in [0.25, 0.3) is 0 Å². The summed E-state index contributed by atoms with van der Waals surface area (Å²) in [5, 5.41) is 1.24. The van der Waals surface area contributed by atoms with Gasteiger partial charge < -0.3 is 15.0 Å². The number of ether oxygens (including phenoxy) is 1. The van der Waals surface area contributed by atoms with Crippen molar-refractivity contribution in [1.29, 1.82) is 0 Å². The fourth-order valence-electron chi connectivity index (χ4n) is 2.78. The zero-order valence-corrected chi connectivity index (χ0v) is 13.8. The summed E-state index contributed by atoms with van der Waals surface area (Å²) in [5.41, 5.74) is 9.80. The Morgan fingerprint density at radius 1 is 1.29 bits per heavy atom. The van der Waals surface area contributed by atoms with E-state index in [1.54, 1.807) is 0 Å². The van der Waals surface area contributed by atoms with Crippen LogP contribution in [0.5, 0.6) is 5.75 Å². The monoisotopic (exact) mass is 288 g/mol. The van der Waals surface area contributed by atoms with E-state index in [9.17, 15) is 0 Å². The first-order valence-electron chi connectivity index (χ1n) is 8.10. The number of hydrogen-bond donors (Lipinski definition) is 1. The number of nitrogens with zero attached hydrogens (tertiary/aromatic N) is 1. The van der Waals surface area contributed by atoms with E-state index in [0.717, 1.165) is 18.7 Å². The van der Waals surface area contributed by atoms with Crippen molar-refractivity contribution in [2.24, 2.45) is 5.73 Å². The molecule has 2 rings (SSSR count). The minimum atomic E-state index is 0.243. The van der Waals surface area contributed by atoms with Gasteiger partial charge in [0, 0.05) is 29.7 Å². The fourth-order valence-corrected chi connectivity index (χ4v) is 2.78. The molecule has 1 aromatic heterocycles. The highest BCUT2D eigenvalue weighted by molar-refractivity contribution is 5.87. The first-order chi connectivity index (χ1) is 10.1. The van der Waals surface area contributed by atoms with Crippen LogP contribution in [0, 0.1) is 6.92 Å². The van der Waals surface area contributed by atoms with E-state index in [1.165, 1.54) is 35.0 Å². The third-order valence-electron chi connectivity index (χ3n) is 4.28. The third kappa shape index (κ3) is 3.24. The second-order valence-electron chi connectivity index (χ2n) is 5.79. The van der Waals surface area contributed by atoms with Crippen LogP contribution in [-0.4, -0.2) is 10.7 Å².